The maximum absolute atomic E-state index is 13.4. The molecule has 7 nitrogen and oxygen atoms in total. The average Bonchev–Trinajstić information content (AvgIpc) is 3.37. The van der Waals surface area contributed by atoms with Gasteiger partial charge in [0.15, 0.2) is 0 Å². The molecule has 0 radical (unpaired) electrons. The topological polar surface area (TPSA) is 81.0 Å². The third kappa shape index (κ3) is 6.63. The van der Waals surface area contributed by atoms with E-state index in [1.807, 2.05) is 81.6 Å². The van der Waals surface area contributed by atoms with Gasteiger partial charge in [0.1, 0.15) is 11.4 Å². The Morgan fingerprint density at radius 1 is 0.833 bits per heavy atom. The Morgan fingerprint density at radius 2 is 1.57 bits per heavy atom. The van der Waals surface area contributed by atoms with Crippen LogP contribution in [0.4, 0.5) is 10.5 Å². The van der Waals surface area contributed by atoms with E-state index in [0.29, 0.717) is 18.8 Å². The number of benzene rings is 4. The van der Waals surface area contributed by atoms with Crippen LogP contribution in [0, 0.1) is 0 Å². The maximum Gasteiger partial charge on any atom is 0.415 e. The van der Waals surface area contributed by atoms with E-state index in [4.69, 9.17) is 9.47 Å². The highest BCUT2D eigenvalue weighted by atomic mass is 16.6. The van der Waals surface area contributed by atoms with Crippen molar-refractivity contribution in [2.24, 2.45) is 0 Å². The van der Waals surface area contributed by atoms with Crippen LogP contribution in [-0.2, 0) is 17.8 Å². The number of carboxylic acids is 1. The monoisotopic (exact) mass is 562 g/mol. The quantitative estimate of drug-likeness (QED) is 0.207. The molecule has 0 aliphatic carbocycles. The summed E-state index contributed by atoms with van der Waals surface area (Å²) in [6, 6.07) is 30.8. The molecule has 0 saturated heterocycles. The minimum absolute atomic E-state index is 0.268. The van der Waals surface area contributed by atoms with Crippen LogP contribution in [0.15, 0.2) is 103 Å². The highest BCUT2D eigenvalue weighted by molar-refractivity contribution is 5.90. The van der Waals surface area contributed by atoms with Crippen molar-refractivity contribution in [3.63, 3.8) is 0 Å². The molecule has 7 heteroatoms. The van der Waals surface area contributed by atoms with Gasteiger partial charge < -0.3 is 19.1 Å². The highest BCUT2D eigenvalue weighted by Gasteiger charge is 2.24. The molecule has 4 aromatic carbocycles. The van der Waals surface area contributed by atoms with Crippen molar-refractivity contribution in [1.29, 1.82) is 0 Å². The highest BCUT2D eigenvalue weighted by Crippen LogP contribution is 2.30. The number of aromatic nitrogens is 1. The van der Waals surface area contributed by atoms with E-state index in [-0.39, 0.29) is 5.56 Å². The molecule has 42 heavy (non-hydrogen) atoms. The molecule has 1 amide bonds. The van der Waals surface area contributed by atoms with Crippen LogP contribution < -0.4 is 9.64 Å². The molecule has 0 aliphatic heterocycles. The number of fused-ring (bicyclic) bond motifs is 1. The number of amides is 1. The fourth-order valence-electron chi connectivity index (χ4n) is 4.89. The van der Waals surface area contributed by atoms with E-state index in [0.717, 1.165) is 38.9 Å². The van der Waals surface area contributed by atoms with Gasteiger partial charge in [0.05, 0.1) is 19.2 Å². The number of anilines is 1. The second-order valence-electron chi connectivity index (χ2n) is 11.2. The molecule has 0 saturated carbocycles. The summed E-state index contributed by atoms with van der Waals surface area (Å²) in [4.78, 5) is 26.5. The van der Waals surface area contributed by atoms with Crippen LogP contribution in [0.5, 0.6) is 5.75 Å². The molecule has 5 rings (SSSR count). The number of hydrogen-bond acceptors (Lipinski definition) is 4. The summed E-state index contributed by atoms with van der Waals surface area (Å²) in [5, 5.41) is 10.5. The largest absolute Gasteiger partial charge is 0.497 e. The summed E-state index contributed by atoms with van der Waals surface area (Å²) in [7, 11) is 1.62. The molecule has 0 aliphatic rings. The predicted octanol–water partition coefficient (Wildman–Crippen LogP) is 8.01. The first-order valence-corrected chi connectivity index (χ1v) is 13.7. The Bertz CT molecular complexity index is 1750. The Hall–Kier alpha value is -5.04. The maximum atomic E-state index is 13.4. The first-order chi connectivity index (χ1) is 20.1. The SMILES string of the molecule is COc1cccc(CN(C(=O)OC(C)(C)C)c2cccc(-c3ccc4ccn(Cc5cccc(C(=O)O)c5)c4c3)c2)c1. The average molecular weight is 563 g/mol. The van der Waals surface area contributed by atoms with Crippen molar-refractivity contribution in [1.82, 2.24) is 4.57 Å². The fraction of sp³-hybridized carbons (Fsp3) is 0.200. The third-order valence-electron chi connectivity index (χ3n) is 6.88. The van der Waals surface area contributed by atoms with Gasteiger partial charge in [0, 0.05) is 23.9 Å². The van der Waals surface area contributed by atoms with Gasteiger partial charge in [-0.3, -0.25) is 4.90 Å². The number of carbonyl (C=O) groups excluding carboxylic acids is 1. The number of hydrogen-bond donors (Lipinski definition) is 1. The molecule has 1 N–H and O–H groups in total. The molecule has 0 fully saturated rings. The molecule has 0 bridgehead atoms. The molecule has 1 aromatic heterocycles. The third-order valence-corrected chi connectivity index (χ3v) is 6.88. The number of aromatic carboxylic acids is 1. The van der Waals surface area contributed by atoms with Crippen molar-refractivity contribution >= 4 is 28.7 Å². The minimum atomic E-state index is -0.941. The second kappa shape index (κ2) is 11.8. The van der Waals surface area contributed by atoms with Crippen LogP contribution >= 0.6 is 0 Å². The summed E-state index contributed by atoms with van der Waals surface area (Å²) in [6.07, 6.45) is 1.58. The lowest BCUT2D eigenvalue weighted by Crippen LogP contribution is -2.36. The molecule has 214 valence electrons. The number of nitrogens with zero attached hydrogens (tertiary/aromatic N) is 2. The number of rotatable bonds is 8. The van der Waals surface area contributed by atoms with Gasteiger partial charge in [-0.05, 0) is 96.9 Å². The minimum Gasteiger partial charge on any atom is -0.497 e. The zero-order valence-electron chi connectivity index (χ0n) is 24.2. The van der Waals surface area contributed by atoms with Gasteiger partial charge in [-0.1, -0.05) is 48.5 Å². The van der Waals surface area contributed by atoms with Crippen molar-refractivity contribution in [2.45, 2.75) is 39.5 Å². The van der Waals surface area contributed by atoms with Gasteiger partial charge in [-0.2, -0.15) is 0 Å². The van der Waals surface area contributed by atoms with Gasteiger partial charge in [-0.25, -0.2) is 9.59 Å². The summed E-state index contributed by atoms with van der Waals surface area (Å²) in [5.41, 5.74) is 5.13. The van der Waals surface area contributed by atoms with E-state index >= 15 is 0 Å². The smallest absolute Gasteiger partial charge is 0.415 e. The van der Waals surface area contributed by atoms with E-state index < -0.39 is 17.7 Å². The standard InChI is InChI=1S/C35H34N2O5/c1-35(2,3)42-34(40)37(23-25-9-6-13-31(19-25)41-4)30-12-7-10-27(20-30)28-15-14-26-16-17-36(32(26)21-28)22-24-8-5-11-29(18-24)33(38)39/h5-21H,22-23H2,1-4H3,(H,38,39). The van der Waals surface area contributed by atoms with Crippen molar-refractivity contribution in [3.8, 4) is 16.9 Å². The van der Waals surface area contributed by atoms with Gasteiger partial charge in [-0.15, -0.1) is 0 Å². The summed E-state index contributed by atoms with van der Waals surface area (Å²) >= 11 is 0. The van der Waals surface area contributed by atoms with E-state index in [9.17, 15) is 14.7 Å². The molecular formula is C35H34N2O5. The van der Waals surface area contributed by atoms with Crippen LogP contribution in [0.1, 0.15) is 42.3 Å². The van der Waals surface area contributed by atoms with E-state index in [2.05, 4.69) is 28.8 Å². The summed E-state index contributed by atoms with van der Waals surface area (Å²) < 4.78 is 13.3. The number of carbonyl (C=O) groups is 2. The van der Waals surface area contributed by atoms with Crippen LogP contribution in [0.2, 0.25) is 0 Å². The van der Waals surface area contributed by atoms with Crippen LogP contribution in [0.25, 0.3) is 22.0 Å². The number of methoxy groups -OCH3 is 1. The normalized spacial score (nSPS) is 11.3. The predicted molar refractivity (Wildman–Crippen MR) is 165 cm³/mol. The molecule has 0 unspecified atom stereocenters. The molecule has 5 aromatic rings. The lowest BCUT2D eigenvalue weighted by Gasteiger charge is -2.28. The number of carboxylic acid groups (broad SMARTS) is 1. The Balaban J connectivity index is 1.48. The Morgan fingerprint density at radius 3 is 2.33 bits per heavy atom. The first-order valence-electron chi connectivity index (χ1n) is 13.7. The van der Waals surface area contributed by atoms with Crippen LogP contribution in [0.3, 0.4) is 0 Å². The van der Waals surface area contributed by atoms with Gasteiger partial charge in [0.25, 0.3) is 0 Å². The number of ether oxygens (including phenoxy) is 2. The molecule has 1 heterocycles. The van der Waals surface area contributed by atoms with E-state index in [1.54, 1.807) is 30.2 Å². The second-order valence-corrected chi connectivity index (χ2v) is 11.2. The van der Waals surface area contributed by atoms with Crippen LogP contribution in [-0.4, -0.2) is 34.4 Å². The van der Waals surface area contributed by atoms with Crippen molar-refractivity contribution < 1.29 is 24.2 Å². The molecule has 0 atom stereocenters. The summed E-state index contributed by atoms with van der Waals surface area (Å²) in [6.45, 7) is 6.42. The van der Waals surface area contributed by atoms with Crippen molar-refractivity contribution in [2.75, 3.05) is 12.0 Å². The Labute approximate surface area is 245 Å². The zero-order valence-corrected chi connectivity index (χ0v) is 24.2. The summed E-state index contributed by atoms with van der Waals surface area (Å²) in [5.74, 6) is -0.223. The van der Waals surface area contributed by atoms with Crippen molar-refractivity contribution in [3.05, 3.63) is 120 Å². The molecule has 0 spiro atoms. The lowest BCUT2D eigenvalue weighted by atomic mass is 10.0. The fourth-order valence-corrected chi connectivity index (χ4v) is 4.89. The molecular weight excluding hydrogens is 528 g/mol. The van der Waals surface area contributed by atoms with Gasteiger partial charge >= 0.3 is 12.1 Å². The first kappa shape index (κ1) is 28.5. The Kier molecular flexibility index (Phi) is 8.02. The zero-order chi connectivity index (χ0) is 29.9. The van der Waals surface area contributed by atoms with Gasteiger partial charge in [0.2, 0.25) is 0 Å². The van der Waals surface area contributed by atoms with E-state index in [1.165, 1.54) is 0 Å². The lowest BCUT2D eigenvalue weighted by molar-refractivity contribution is 0.0576.